The highest BCUT2D eigenvalue weighted by Crippen LogP contribution is 2.20. The molecular formula is C17H17F2N5O2. The fourth-order valence-corrected chi connectivity index (χ4v) is 3.20. The average molecular weight is 361 g/mol. The Kier molecular flexibility index (Phi) is 4.46. The van der Waals surface area contributed by atoms with E-state index in [1.165, 1.54) is 15.4 Å². The predicted molar refractivity (Wildman–Crippen MR) is 89.0 cm³/mol. The number of ether oxygens (including phenoxy) is 1. The van der Waals surface area contributed by atoms with Gasteiger partial charge in [-0.25, -0.2) is 13.5 Å². The Balaban J connectivity index is 1.78. The second-order valence-corrected chi connectivity index (χ2v) is 6.21. The highest BCUT2D eigenvalue weighted by atomic mass is 19.1. The highest BCUT2D eigenvalue weighted by molar-refractivity contribution is 5.75. The van der Waals surface area contributed by atoms with Crippen molar-refractivity contribution in [3.05, 3.63) is 51.7 Å². The number of benzene rings is 1. The van der Waals surface area contributed by atoms with E-state index in [0.717, 1.165) is 0 Å². The Labute approximate surface area is 147 Å². The summed E-state index contributed by atoms with van der Waals surface area (Å²) in [5, 5.41) is 12.2. The third-order valence-corrected chi connectivity index (χ3v) is 4.62. The van der Waals surface area contributed by atoms with Gasteiger partial charge in [-0.05, 0) is 18.9 Å². The van der Waals surface area contributed by atoms with Gasteiger partial charge in [-0.1, -0.05) is 23.4 Å². The summed E-state index contributed by atoms with van der Waals surface area (Å²) in [6, 6.07) is 6.07. The molecule has 3 aromatic rings. The SMILES string of the molecule is O=c1c2nn(Cc3ccccc3F)c(CF)c2nnn1C1CCOCC1. The molecule has 3 heterocycles. The van der Waals surface area contributed by atoms with Gasteiger partial charge in [0, 0.05) is 18.8 Å². The lowest BCUT2D eigenvalue weighted by Crippen LogP contribution is -2.32. The summed E-state index contributed by atoms with van der Waals surface area (Å²) in [4.78, 5) is 12.8. The maximum absolute atomic E-state index is 13.9. The molecule has 0 unspecified atom stereocenters. The van der Waals surface area contributed by atoms with E-state index < -0.39 is 18.1 Å². The summed E-state index contributed by atoms with van der Waals surface area (Å²) < 4.78 is 35.4. The van der Waals surface area contributed by atoms with Crippen LogP contribution in [0.4, 0.5) is 8.78 Å². The van der Waals surface area contributed by atoms with Crippen LogP contribution >= 0.6 is 0 Å². The van der Waals surface area contributed by atoms with Crippen molar-refractivity contribution in [1.82, 2.24) is 24.8 Å². The number of aromatic nitrogens is 5. The van der Waals surface area contributed by atoms with Gasteiger partial charge in [0.25, 0.3) is 5.56 Å². The van der Waals surface area contributed by atoms with E-state index in [9.17, 15) is 13.6 Å². The molecule has 7 nitrogen and oxygen atoms in total. The molecule has 0 amide bonds. The molecule has 1 fully saturated rings. The zero-order valence-corrected chi connectivity index (χ0v) is 13.9. The molecule has 2 aromatic heterocycles. The molecule has 0 atom stereocenters. The maximum Gasteiger partial charge on any atom is 0.298 e. The fourth-order valence-electron chi connectivity index (χ4n) is 3.20. The van der Waals surface area contributed by atoms with Gasteiger partial charge in [0.1, 0.15) is 18.0 Å². The van der Waals surface area contributed by atoms with Crippen molar-refractivity contribution in [1.29, 1.82) is 0 Å². The van der Waals surface area contributed by atoms with E-state index in [2.05, 4.69) is 15.4 Å². The molecule has 136 valence electrons. The lowest BCUT2D eigenvalue weighted by Gasteiger charge is -2.22. The van der Waals surface area contributed by atoms with Gasteiger partial charge < -0.3 is 4.74 Å². The molecule has 0 spiro atoms. The first-order valence-corrected chi connectivity index (χ1v) is 8.41. The number of alkyl halides is 1. The third-order valence-electron chi connectivity index (χ3n) is 4.62. The number of fused-ring (bicyclic) bond motifs is 1. The van der Waals surface area contributed by atoms with Crippen LogP contribution in [0, 0.1) is 5.82 Å². The van der Waals surface area contributed by atoms with Gasteiger partial charge in [-0.3, -0.25) is 9.48 Å². The predicted octanol–water partition coefficient (Wildman–Crippen LogP) is 2.00. The van der Waals surface area contributed by atoms with Crippen molar-refractivity contribution in [2.24, 2.45) is 0 Å². The summed E-state index contributed by atoms with van der Waals surface area (Å²) in [6.07, 6.45) is 1.32. The molecule has 4 rings (SSSR count). The smallest absolute Gasteiger partial charge is 0.298 e. The molecule has 0 aliphatic carbocycles. The van der Waals surface area contributed by atoms with Gasteiger partial charge in [0.2, 0.25) is 0 Å². The van der Waals surface area contributed by atoms with Crippen LogP contribution in [0.2, 0.25) is 0 Å². The summed E-state index contributed by atoms with van der Waals surface area (Å²) in [5.41, 5.74) is 0.233. The maximum atomic E-state index is 13.9. The first-order chi connectivity index (χ1) is 12.7. The average Bonchev–Trinajstić information content (AvgIpc) is 3.03. The Hall–Kier alpha value is -2.68. The highest BCUT2D eigenvalue weighted by Gasteiger charge is 2.23. The van der Waals surface area contributed by atoms with Crippen LogP contribution in [-0.4, -0.2) is 38.0 Å². The van der Waals surface area contributed by atoms with E-state index >= 15 is 0 Å². The number of hydrogen-bond donors (Lipinski definition) is 0. The summed E-state index contributed by atoms with van der Waals surface area (Å²) in [7, 11) is 0. The number of rotatable bonds is 4. The first-order valence-electron chi connectivity index (χ1n) is 8.41. The van der Waals surface area contributed by atoms with Crippen molar-refractivity contribution < 1.29 is 13.5 Å². The van der Waals surface area contributed by atoms with Crippen molar-refractivity contribution in [2.45, 2.75) is 32.1 Å². The van der Waals surface area contributed by atoms with Gasteiger partial charge in [-0.2, -0.15) is 5.10 Å². The number of nitrogens with zero attached hydrogens (tertiary/aromatic N) is 5. The summed E-state index contributed by atoms with van der Waals surface area (Å²) >= 11 is 0. The number of hydrogen-bond acceptors (Lipinski definition) is 5. The largest absolute Gasteiger partial charge is 0.381 e. The minimum atomic E-state index is -0.875. The molecule has 0 saturated carbocycles. The first kappa shape index (κ1) is 16.8. The molecule has 1 aliphatic heterocycles. The summed E-state index contributed by atoms with van der Waals surface area (Å²) in [6.45, 7) is 0.238. The molecule has 1 saturated heterocycles. The zero-order chi connectivity index (χ0) is 18.1. The van der Waals surface area contributed by atoms with E-state index in [1.54, 1.807) is 18.2 Å². The number of halogens is 2. The minimum Gasteiger partial charge on any atom is -0.381 e. The Morgan fingerprint density at radius 1 is 1.19 bits per heavy atom. The topological polar surface area (TPSA) is 74.8 Å². The minimum absolute atomic E-state index is 0.0129. The third kappa shape index (κ3) is 2.88. The monoisotopic (exact) mass is 361 g/mol. The van der Waals surface area contributed by atoms with Crippen LogP contribution in [0.1, 0.15) is 30.1 Å². The lowest BCUT2D eigenvalue weighted by molar-refractivity contribution is 0.0641. The molecule has 0 N–H and O–H groups in total. The van der Waals surface area contributed by atoms with E-state index in [4.69, 9.17) is 4.74 Å². The second kappa shape index (κ2) is 6.91. The standard InChI is InChI=1S/C17H17F2N5O2/c18-9-14-15-16(21-23(14)10-11-3-1-2-4-13(11)19)17(25)24(22-20-15)12-5-7-26-8-6-12/h1-4,12H,5-10H2. The van der Waals surface area contributed by atoms with Crippen molar-refractivity contribution in [3.8, 4) is 0 Å². The van der Waals surface area contributed by atoms with Gasteiger partial charge >= 0.3 is 0 Å². The molecule has 9 heteroatoms. The van der Waals surface area contributed by atoms with Crippen LogP contribution in [0.15, 0.2) is 29.1 Å². The van der Waals surface area contributed by atoms with E-state index in [-0.39, 0.29) is 29.3 Å². The van der Waals surface area contributed by atoms with Crippen molar-refractivity contribution in [3.63, 3.8) is 0 Å². The summed E-state index contributed by atoms with van der Waals surface area (Å²) in [5.74, 6) is -0.414. The Bertz CT molecular complexity index is 994. The Morgan fingerprint density at radius 2 is 1.96 bits per heavy atom. The van der Waals surface area contributed by atoms with Crippen LogP contribution < -0.4 is 5.56 Å². The lowest BCUT2D eigenvalue weighted by atomic mass is 10.1. The second-order valence-electron chi connectivity index (χ2n) is 6.21. The van der Waals surface area contributed by atoms with Crippen molar-refractivity contribution >= 4 is 11.0 Å². The van der Waals surface area contributed by atoms with Gasteiger partial charge in [0.15, 0.2) is 5.52 Å². The zero-order valence-electron chi connectivity index (χ0n) is 13.9. The normalized spacial score (nSPS) is 15.6. The van der Waals surface area contributed by atoms with Crippen LogP contribution in [0.25, 0.3) is 11.0 Å². The van der Waals surface area contributed by atoms with Crippen molar-refractivity contribution in [2.75, 3.05) is 13.2 Å². The molecule has 26 heavy (non-hydrogen) atoms. The quantitative estimate of drug-likeness (QED) is 0.711. The van der Waals surface area contributed by atoms with Crippen LogP contribution in [0.5, 0.6) is 0 Å². The molecule has 0 bridgehead atoms. The molecule has 0 radical (unpaired) electrons. The van der Waals surface area contributed by atoms with Gasteiger partial charge in [0.05, 0.1) is 18.3 Å². The van der Waals surface area contributed by atoms with E-state index in [1.807, 2.05) is 0 Å². The van der Waals surface area contributed by atoms with Crippen LogP contribution in [-0.2, 0) is 18.0 Å². The van der Waals surface area contributed by atoms with Crippen LogP contribution in [0.3, 0.4) is 0 Å². The molecule has 1 aliphatic rings. The van der Waals surface area contributed by atoms with Gasteiger partial charge in [-0.15, -0.1) is 5.10 Å². The molecule has 1 aromatic carbocycles. The molecular weight excluding hydrogens is 344 g/mol. The fraction of sp³-hybridized carbons (Fsp3) is 0.412. The van der Waals surface area contributed by atoms with E-state index in [0.29, 0.717) is 31.6 Å². The Morgan fingerprint density at radius 3 is 2.69 bits per heavy atom.